The third-order valence-electron chi connectivity index (χ3n) is 1.93. The van der Waals surface area contributed by atoms with E-state index in [0.29, 0.717) is 19.3 Å². The fraction of sp³-hybridized carbons (Fsp3) is 0. The summed E-state index contributed by atoms with van der Waals surface area (Å²) in [5.74, 6) is 0. The molecule has 0 spiro atoms. The van der Waals surface area contributed by atoms with Crippen LogP contribution in [0.2, 0.25) is 10.0 Å². The van der Waals surface area contributed by atoms with Gasteiger partial charge in [0, 0.05) is 23.5 Å². The van der Waals surface area contributed by atoms with Gasteiger partial charge in [-0.15, -0.1) is 0 Å². The third kappa shape index (κ3) is 2.56. The van der Waals surface area contributed by atoms with Gasteiger partial charge < -0.3 is 0 Å². The van der Waals surface area contributed by atoms with Crippen LogP contribution in [0.15, 0.2) is 33.7 Å². The molecular formula is C10H4Br2Cl2N2. The maximum absolute atomic E-state index is 6.08. The lowest BCUT2D eigenvalue weighted by Gasteiger charge is -2.07. The maximum Gasteiger partial charge on any atom is 0.106 e. The van der Waals surface area contributed by atoms with Crippen LogP contribution in [-0.4, -0.2) is 9.97 Å². The van der Waals surface area contributed by atoms with Gasteiger partial charge in [-0.2, -0.15) is 0 Å². The molecule has 2 rings (SSSR count). The molecule has 0 amide bonds. The van der Waals surface area contributed by atoms with Crippen molar-refractivity contribution >= 4 is 55.1 Å². The minimum atomic E-state index is 0.545. The van der Waals surface area contributed by atoms with Gasteiger partial charge in [0.2, 0.25) is 0 Å². The molecule has 0 N–H and O–H groups in total. The summed E-state index contributed by atoms with van der Waals surface area (Å²) in [6, 6.07) is 3.63. The van der Waals surface area contributed by atoms with E-state index in [1.807, 2.05) is 12.1 Å². The van der Waals surface area contributed by atoms with Gasteiger partial charge in [0.05, 0.1) is 10.0 Å². The van der Waals surface area contributed by atoms with E-state index in [2.05, 4.69) is 41.8 Å². The Labute approximate surface area is 119 Å². The van der Waals surface area contributed by atoms with Gasteiger partial charge in [0.25, 0.3) is 0 Å². The van der Waals surface area contributed by atoms with Crippen LogP contribution >= 0.6 is 55.1 Å². The first kappa shape index (κ1) is 12.3. The summed E-state index contributed by atoms with van der Waals surface area (Å²) in [6.45, 7) is 0. The molecule has 0 aliphatic rings. The van der Waals surface area contributed by atoms with Crippen molar-refractivity contribution < 1.29 is 0 Å². The van der Waals surface area contributed by atoms with Crippen molar-refractivity contribution in [2.75, 3.05) is 0 Å². The molecule has 0 aliphatic carbocycles. The molecule has 2 nitrogen and oxygen atoms in total. The van der Waals surface area contributed by atoms with Crippen molar-refractivity contribution in [1.29, 1.82) is 0 Å². The normalized spacial score (nSPS) is 10.5. The fourth-order valence-electron chi connectivity index (χ4n) is 1.24. The average molecular weight is 383 g/mol. The van der Waals surface area contributed by atoms with Crippen LogP contribution in [-0.2, 0) is 0 Å². The lowest BCUT2D eigenvalue weighted by Crippen LogP contribution is -1.86. The van der Waals surface area contributed by atoms with Crippen molar-refractivity contribution in [1.82, 2.24) is 9.97 Å². The van der Waals surface area contributed by atoms with E-state index in [4.69, 9.17) is 23.2 Å². The molecule has 0 saturated heterocycles. The average Bonchev–Trinajstić information content (AvgIpc) is 2.25. The number of nitrogens with zero attached hydrogens (tertiary/aromatic N) is 2. The Balaban J connectivity index is 2.66. The van der Waals surface area contributed by atoms with Crippen LogP contribution in [0.1, 0.15) is 0 Å². The summed E-state index contributed by atoms with van der Waals surface area (Å²) in [6.07, 6.45) is 3.15. The summed E-state index contributed by atoms with van der Waals surface area (Å²) in [7, 11) is 0. The van der Waals surface area contributed by atoms with Gasteiger partial charge >= 0.3 is 0 Å². The van der Waals surface area contributed by atoms with E-state index in [1.54, 1.807) is 12.4 Å². The van der Waals surface area contributed by atoms with E-state index >= 15 is 0 Å². The van der Waals surface area contributed by atoms with Gasteiger partial charge in [-0.3, -0.25) is 0 Å². The van der Waals surface area contributed by atoms with Crippen molar-refractivity contribution in [3.05, 3.63) is 43.8 Å². The molecule has 0 fully saturated rings. The molecule has 16 heavy (non-hydrogen) atoms. The van der Waals surface area contributed by atoms with Crippen LogP contribution in [0.4, 0.5) is 0 Å². The maximum atomic E-state index is 6.08. The monoisotopic (exact) mass is 380 g/mol. The number of pyridine rings is 2. The van der Waals surface area contributed by atoms with Crippen LogP contribution in [0.25, 0.3) is 11.1 Å². The number of hydrogen-bond acceptors (Lipinski definition) is 2. The number of halogens is 4. The van der Waals surface area contributed by atoms with Crippen molar-refractivity contribution in [3.63, 3.8) is 0 Å². The highest BCUT2D eigenvalue weighted by molar-refractivity contribution is 9.10. The van der Waals surface area contributed by atoms with Crippen LogP contribution in [0, 0.1) is 0 Å². The van der Waals surface area contributed by atoms with Crippen molar-refractivity contribution in [3.8, 4) is 11.1 Å². The van der Waals surface area contributed by atoms with Crippen LogP contribution in [0.5, 0.6) is 0 Å². The summed E-state index contributed by atoms with van der Waals surface area (Å²) in [5, 5.41) is 1.09. The largest absolute Gasteiger partial charge is 0.248 e. The summed E-state index contributed by atoms with van der Waals surface area (Å²) >= 11 is 18.7. The number of rotatable bonds is 1. The molecule has 0 saturated carbocycles. The second kappa shape index (κ2) is 5.00. The highest BCUT2D eigenvalue weighted by atomic mass is 79.9. The molecule has 0 atom stereocenters. The second-order valence-corrected chi connectivity index (χ2v) is 5.41. The topological polar surface area (TPSA) is 25.8 Å². The molecule has 0 bridgehead atoms. The van der Waals surface area contributed by atoms with Crippen LogP contribution < -0.4 is 0 Å². The lowest BCUT2D eigenvalue weighted by molar-refractivity contribution is 1.26. The van der Waals surface area contributed by atoms with Gasteiger partial charge in [0.1, 0.15) is 9.21 Å². The minimum absolute atomic E-state index is 0.545. The van der Waals surface area contributed by atoms with Gasteiger partial charge in [-0.25, -0.2) is 9.97 Å². The fourth-order valence-corrected chi connectivity index (χ4v) is 2.31. The molecule has 2 aromatic heterocycles. The standard InChI is InChI=1S/C10H4Br2Cl2N2/c11-9-1-5(7(13)3-15-9)6-2-10(12)16-4-8(6)14/h1-4H. The summed E-state index contributed by atoms with van der Waals surface area (Å²) in [4.78, 5) is 8.06. The van der Waals surface area contributed by atoms with Crippen LogP contribution in [0.3, 0.4) is 0 Å². The van der Waals surface area contributed by atoms with Gasteiger partial charge in [-0.1, -0.05) is 23.2 Å². The number of aromatic nitrogens is 2. The quantitative estimate of drug-likeness (QED) is 0.650. The molecule has 2 aromatic rings. The smallest absolute Gasteiger partial charge is 0.106 e. The molecular weight excluding hydrogens is 379 g/mol. The molecule has 82 valence electrons. The predicted octanol–water partition coefficient (Wildman–Crippen LogP) is 4.98. The molecule has 0 aromatic carbocycles. The molecule has 0 unspecified atom stereocenters. The summed E-state index contributed by atoms with van der Waals surface area (Å²) in [5.41, 5.74) is 1.63. The minimum Gasteiger partial charge on any atom is -0.248 e. The summed E-state index contributed by atoms with van der Waals surface area (Å²) < 4.78 is 1.41. The SMILES string of the molecule is Clc1cnc(Br)cc1-c1cc(Br)ncc1Cl. The van der Waals surface area contributed by atoms with Gasteiger partial charge in [0.15, 0.2) is 0 Å². The highest BCUT2D eigenvalue weighted by Gasteiger charge is 2.10. The Bertz CT molecular complexity index is 497. The predicted molar refractivity (Wildman–Crippen MR) is 72.9 cm³/mol. The Morgan fingerprint density at radius 3 is 1.56 bits per heavy atom. The van der Waals surface area contributed by atoms with E-state index < -0.39 is 0 Å². The highest BCUT2D eigenvalue weighted by Crippen LogP contribution is 2.34. The Kier molecular flexibility index (Phi) is 3.85. The molecule has 0 radical (unpaired) electrons. The first-order valence-corrected chi connectivity index (χ1v) is 6.54. The van der Waals surface area contributed by atoms with Crippen molar-refractivity contribution in [2.24, 2.45) is 0 Å². The Hall–Kier alpha value is -0.160. The van der Waals surface area contributed by atoms with E-state index in [0.717, 1.165) is 11.1 Å². The molecule has 6 heteroatoms. The third-order valence-corrected chi connectivity index (χ3v) is 3.40. The molecule has 2 heterocycles. The first-order valence-electron chi connectivity index (χ1n) is 4.20. The second-order valence-electron chi connectivity index (χ2n) is 2.97. The Morgan fingerprint density at radius 2 is 1.19 bits per heavy atom. The first-order chi connectivity index (χ1) is 7.58. The Morgan fingerprint density at radius 1 is 0.812 bits per heavy atom. The zero-order valence-corrected chi connectivity index (χ0v) is 12.4. The van der Waals surface area contributed by atoms with Crippen molar-refractivity contribution in [2.45, 2.75) is 0 Å². The van der Waals surface area contributed by atoms with Gasteiger partial charge in [-0.05, 0) is 44.0 Å². The van der Waals surface area contributed by atoms with E-state index in [1.165, 1.54) is 0 Å². The van der Waals surface area contributed by atoms with E-state index in [-0.39, 0.29) is 0 Å². The molecule has 0 aliphatic heterocycles. The zero-order valence-electron chi connectivity index (χ0n) is 7.72. The number of hydrogen-bond donors (Lipinski definition) is 0. The van der Waals surface area contributed by atoms with E-state index in [9.17, 15) is 0 Å². The lowest BCUT2D eigenvalue weighted by atomic mass is 10.1. The zero-order chi connectivity index (χ0) is 11.7.